The van der Waals surface area contributed by atoms with Crippen molar-refractivity contribution in [1.29, 1.82) is 0 Å². The molecule has 6 N–H and O–H groups in total. The highest BCUT2D eigenvalue weighted by Crippen LogP contribution is 2.31. The third kappa shape index (κ3) is 6.73. The topological polar surface area (TPSA) is 178 Å². The zero-order chi connectivity index (χ0) is 27.9. The van der Waals surface area contributed by atoms with Gasteiger partial charge in [-0.3, -0.25) is 9.59 Å². The fourth-order valence-corrected chi connectivity index (χ4v) is 5.27. The van der Waals surface area contributed by atoms with E-state index < -0.39 is 5.92 Å². The average molecular weight is 540 g/mol. The van der Waals surface area contributed by atoms with Gasteiger partial charge in [0.25, 0.3) is 0 Å². The number of Topliss-reactive ketones (excluding diaryl/α,β-unsaturated/α-hetero) is 1. The standard InChI is InChI=1S/C29H33N9O2/c30-15-18-4-6-20(7-5-18)26(39)14-23(13-19-2-1-3-22(12-19)24-16-32-29(31)33-17-24)28(40)34-25-10-8-21(9-11-25)27-35-37-38-36-27/h1-3,8-12,16-18,20,23H,4-7,13-15,30H2,(H,34,40)(H2,31,32,33)(H,35,36,37,38)/t18?,20?,23-/m1/s1. The molecule has 1 aliphatic carbocycles. The molecule has 0 saturated heterocycles. The highest BCUT2D eigenvalue weighted by Gasteiger charge is 2.30. The number of benzene rings is 2. The number of nitrogen functional groups attached to an aromatic ring is 1. The number of nitrogens with zero attached hydrogens (tertiary/aromatic N) is 5. The van der Waals surface area contributed by atoms with E-state index >= 15 is 0 Å². The van der Waals surface area contributed by atoms with Crippen LogP contribution in [0.4, 0.5) is 11.6 Å². The molecule has 2 aromatic heterocycles. The van der Waals surface area contributed by atoms with E-state index in [1.807, 2.05) is 36.4 Å². The number of hydrogen-bond acceptors (Lipinski definition) is 9. The van der Waals surface area contributed by atoms with E-state index in [0.29, 0.717) is 30.4 Å². The van der Waals surface area contributed by atoms with Crippen molar-refractivity contribution < 1.29 is 9.59 Å². The number of hydrogen-bond donors (Lipinski definition) is 4. The quantitative estimate of drug-likeness (QED) is 0.235. The molecule has 2 heterocycles. The van der Waals surface area contributed by atoms with Crippen molar-refractivity contribution in [2.75, 3.05) is 17.6 Å². The molecule has 0 aliphatic heterocycles. The maximum atomic E-state index is 13.6. The van der Waals surface area contributed by atoms with Gasteiger partial charge >= 0.3 is 0 Å². The Morgan fingerprint density at radius 3 is 2.40 bits per heavy atom. The molecular formula is C29H33N9O2. The van der Waals surface area contributed by atoms with Gasteiger partial charge in [0, 0.05) is 47.5 Å². The zero-order valence-corrected chi connectivity index (χ0v) is 22.2. The maximum Gasteiger partial charge on any atom is 0.228 e. The summed E-state index contributed by atoms with van der Waals surface area (Å²) in [5.74, 6) is 0.556. The highest BCUT2D eigenvalue weighted by atomic mass is 16.2. The number of ketones is 1. The van der Waals surface area contributed by atoms with Gasteiger partial charge in [0.2, 0.25) is 17.7 Å². The summed E-state index contributed by atoms with van der Waals surface area (Å²) in [5, 5.41) is 17.0. The molecule has 0 unspecified atom stereocenters. The fourth-order valence-electron chi connectivity index (χ4n) is 5.27. The minimum Gasteiger partial charge on any atom is -0.368 e. The van der Waals surface area contributed by atoms with E-state index in [1.54, 1.807) is 24.5 Å². The van der Waals surface area contributed by atoms with Crippen LogP contribution in [0.3, 0.4) is 0 Å². The van der Waals surface area contributed by atoms with E-state index in [1.165, 1.54) is 0 Å². The molecule has 1 fully saturated rings. The van der Waals surface area contributed by atoms with Crippen LogP contribution < -0.4 is 16.8 Å². The first-order valence-electron chi connectivity index (χ1n) is 13.5. The first kappa shape index (κ1) is 27.1. The van der Waals surface area contributed by atoms with E-state index in [4.69, 9.17) is 11.5 Å². The number of tetrazole rings is 1. The van der Waals surface area contributed by atoms with Crippen LogP contribution in [0, 0.1) is 17.8 Å². The van der Waals surface area contributed by atoms with E-state index in [9.17, 15) is 9.59 Å². The number of carbonyl (C=O) groups is 2. The van der Waals surface area contributed by atoms with Gasteiger partial charge in [-0.05, 0) is 85.2 Å². The van der Waals surface area contributed by atoms with Crippen molar-refractivity contribution in [1.82, 2.24) is 30.6 Å². The molecule has 11 nitrogen and oxygen atoms in total. The number of amides is 1. The number of carbonyl (C=O) groups excluding carboxylic acids is 2. The molecule has 0 radical (unpaired) electrons. The second kappa shape index (κ2) is 12.6. The number of aromatic amines is 1. The lowest BCUT2D eigenvalue weighted by Crippen LogP contribution is -2.31. The molecule has 1 atom stereocenters. The Morgan fingerprint density at radius 1 is 0.975 bits per heavy atom. The third-order valence-corrected chi connectivity index (χ3v) is 7.62. The van der Waals surface area contributed by atoms with Gasteiger partial charge in [0.1, 0.15) is 5.78 Å². The zero-order valence-electron chi connectivity index (χ0n) is 22.2. The summed E-state index contributed by atoms with van der Waals surface area (Å²) >= 11 is 0. The molecule has 1 amide bonds. The van der Waals surface area contributed by atoms with Crippen LogP contribution in [0.2, 0.25) is 0 Å². The van der Waals surface area contributed by atoms with Crippen molar-refractivity contribution in [2.45, 2.75) is 38.5 Å². The molecule has 206 valence electrons. The molecule has 0 bridgehead atoms. The summed E-state index contributed by atoms with van der Waals surface area (Å²) in [5.41, 5.74) is 15.6. The number of H-pyrrole nitrogens is 1. The first-order chi connectivity index (χ1) is 19.5. The van der Waals surface area contributed by atoms with Gasteiger partial charge in [-0.1, -0.05) is 24.3 Å². The Morgan fingerprint density at radius 2 is 1.73 bits per heavy atom. The summed E-state index contributed by atoms with van der Waals surface area (Å²) in [6, 6.07) is 15.1. The highest BCUT2D eigenvalue weighted by molar-refractivity contribution is 5.96. The normalized spacial score (nSPS) is 17.7. The van der Waals surface area contributed by atoms with Crippen molar-refractivity contribution in [2.24, 2.45) is 23.5 Å². The maximum absolute atomic E-state index is 13.6. The summed E-state index contributed by atoms with van der Waals surface area (Å²) in [6.07, 6.45) is 7.53. The van der Waals surface area contributed by atoms with Crippen LogP contribution in [0.5, 0.6) is 0 Å². The molecule has 1 saturated carbocycles. The lowest BCUT2D eigenvalue weighted by molar-refractivity contribution is -0.129. The third-order valence-electron chi connectivity index (χ3n) is 7.62. The minimum atomic E-state index is -0.533. The van der Waals surface area contributed by atoms with Gasteiger partial charge < -0.3 is 16.8 Å². The Bertz CT molecular complexity index is 1410. The SMILES string of the molecule is NCC1CCC(C(=O)C[C@@H](Cc2cccc(-c3cnc(N)nc3)c2)C(=O)Nc2ccc(-c3nn[nH]n3)cc2)CC1. The largest absolute Gasteiger partial charge is 0.368 e. The van der Waals surface area contributed by atoms with Crippen LogP contribution in [-0.4, -0.2) is 48.8 Å². The monoisotopic (exact) mass is 539 g/mol. The van der Waals surface area contributed by atoms with Gasteiger partial charge in [0.15, 0.2) is 0 Å². The molecule has 40 heavy (non-hydrogen) atoms. The number of aromatic nitrogens is 6. The summed E-state index contributed by atoms with van der Waals surface area (Å²) < 4.78 is 0. The van der Waals surface area contributed by atoms with Crippen LogP contribution in [0.25, 0.3) is 22.5 Å². The van der Waals surface area contributed by atoms with E-state index in [-0.39, 0.29) is 30.0 Å². The van der Waals surface area contributed by atoms with Gasteiger partial charge in [-0.25, -0.2) is 9.97 Å². The minimum absolute atomic E-state index is 0.0226. The van der Waals surface area contributed by atoms with Gasteiger partial charge in [-0.2, -0.15) is 5.21 Å². The van der Waals surface area contributed by atoms with E-state index in [0.717, 1.165) is 47.9 Å². The first-order valence-corrected chi connectivity index (χ1v) is 13.5. The van der Waals surface area contributed by atoms with Crippen molar-refractivity contribution in [3.05, 3.63) is 66.5 Å². The Hall–Kier alpha value is -4.51. The molecule has 11 heteroatoms. The molecule has 4 aromatic rings. The Kier molecular flexibility index (Phi) is 8.50. The van der Waals surface area contributed by atoms with Crippen LogP contribution in [-0.2, 0) is 16.0 Å². The Balaban J connectivity index is 1.33. The lowest BCUT2D eigenvalue weighted by atomic mass is 9.77. The Labute approximate surface area is 232 Å². The molecule has 1 aliphatic rings. The van der Waals surface area contributed by atoms with Crippen LogP contribution in [0.1, 0.15) is 37.7 Å². The fraction of sp³-hybridized carbons (Fsp3) is 0.345. The van der Waals surface area contributed by atoms with Crippen molar-refractivity contribution in [3.8, 4) is 22.5 Å². The number of nitrogens with two attached hydrogens (primary N) is 2. The number of anilines is 2. The van der Waals surface area contributed by atoms with E-state index in [2.05, 4.69) is 35.9 Å². The van der Waals surface area contributed by atoms with Crippen molar-refractivity contribution >= 4 is 23.3 Å². The molecule has 2 aromatic carbocycles. The second-order valence-electron chi connectivity index (χ2n) is 10.4. The van der Waals surface area contributed by atoms with Crippen LogP contribution >= 0.6 is 0 Å². The number of rotatable bonds is 10. The van der Waals surface area contributed by atoms with Gasteiger partial charge in [0.05, 0.1) is 0 Å². The number of nitrogens with one attached hydrogen (secondary N) is 2. The predicted molar refractivity (Wildman–Crippen MR) is 151 cm³/mol. The average Bonchev–Trinajstić information content (AvgIpc) is 3.53. The predicted octanol–water partition coefficient (Wildman–Crippen LogP) is 3.43. The summed E-state index contributed by atoms with van der Waals surface area (Å²) in [4.78, 5) is 35.1. The summed E-state index contributed by atoms with van der Waals surface area (Å²) in [7, 11) is 0. The van der Waals surface area contributed by atoms with Crippen LogP contribution in [0.15, 0.2) is 60.9 Å². The van der Waals surface area contributed by atoms with Gasteiger partial charge in [-0.15, -0.1) is 10.2 Å². The van der Waals surface area contributed by atoms with Crippen molar-refractivity contribution in [3.63, 3.8) is 0 Å². The lowest BCUT2D eigenvalue weighted by Gasteiger charge is -2.27. The summed E-state index contributed by atoms with van der Waals surface area (Å²) in [6.45, 7) is 0.660. The molecule has 5 rings (SSSR count). The molecular weight excluding hydrogens is 506 g/mol. The second-order valence-corrected chi connectivity index (χ2v) is 10.4. The molecule has 0 spiro atoms. The smallest absolute Gasteiger partial charge is 0.228 e.